The number of nitrogens with zero attached hydrogens (tertiary/aromatic N) is 2. The highest BCUT2D eigenvalue weighted by atomic mass is 15.0. The van der Waals surface area contributed by atoms with Crippen LogP contribution in [0.15, 0.2) is 84.9 Å². The lowest BCUT2D eigenvalue weighted by Crippen LogP contribution is -2.30. The highest BCUT2D eigenvalue weighted by Crippen LogP contribution is 2.47. The molecule has 2 atom stereocenters. The summed E-state index contributed by atoms with van der Waals surface area (Å²) in [5.41, 5.74) is 8.43. The van der Waals surface area contributed by atoms with E-state index in [-0.39, 0.29) is 10.8 Å². The number of fused-ring (bicyclic) bond motifs is 6. The molecule has 2 unspecified atom stereocenters. The van der Waals surface area contributed by atoms with Gasteiger partial charge in [0.05, 0.1) is 10.8 Å². The van der Waals surface area contributed by atoms with Gasteiger partial charge < -0.3 is 0 Å². The molecule has 0 aliphatic carbocycles. The second-order valence-electron chi connectivity index (χ2n) is 11.2. The maximum atomic E-state index is 2.44. The molecule has 2 aliphatic rings. The van der Waals surface area contributed by atoms with Gasteiger partial charge in [0.25, 0.3) is 0 Å². The molecule has 2 heteroatoms. The van der Waals surface area contributed by atoms with E-state index in [0.29, 0.717) is 0 Å². The minimum absolute atomic E-state index is 0.0157. The lowest BCUT2D eigenvalue weighted by atomic mass is 9.73. The third kappa shape index (κ3) is 3.03. The van der Waals surface area contributed by atoms with Crippen molar-refractivity contribution in [3.05, 3.63) is 96.1 Å². The molecule has 0 saturated carbocycles. The maximum absolute atomic E-state index is 2.44. The van der Waals surface area contributed by atoms with E-state index < -0.39 is 0 Å². The average Bonchev–Trinajstić information content (AvgIpc) is 3.22. The topological polar surface area (TPSA) is 6.02 Å². The number of hydrogen-bond donors (Lipinski definition) is 0. The third-order valence-electron chi connectivity index (χ3n) is 9.46. The summed E-state index contributed by atoms with van der Waals surface area (Å²) in [5, 5.41) is 5.40. The van der Waals surface area contributed by atoms with E-state index in [0.717, 1.165) is 12.8 Å². The highest BCUT2D eigenvalue weighted by molar-refractivity contribution is 6.03. The summed E-state index contributed by atoms with van der Waals surface area (Å²) in [4.78, 5) is 0. The van der Waals surface area contributed by atoms with Gasteiger partial charge in [0.2, 0.25) is 11.4 Å². The zero-order chi connectivity index (χ0) is 25.2. The Hall–Kier alpha value is -3.52. The van der Waals surface area contributed by atoms with Gasteiger partial charge in [0, 0.05) is 37.1 Å². The van der Waals surface area contributed by atoms with Crippen LogP contribution in [0.3, 0.4) is 0 Å². The molecule has 2 heterocycles. The standard InChI is InChI=1S/C34H36N2/c1-23-33(3,31-27-15-9-7-13-25(27)17-19-29(31)35(23)5)21-11-12-22-34(4)24(2)36(6)30-20-18-26-14-8-10-16-28(26)32(30)34/h7-20H,21-22H2,1-6H3/q+2/b12-11-. The second-order valence-corrected chi connectivity index (χ2v) is 11.2. The molecule has 0 fully saturated rings. The first-order valence-electron chi connectivity index (χ1n) is 13.1. The fourth-order valence-electron chi connectivity index (χ4n) is 6.84. The van der Waals surface area contributed by atoms with Crippen LogP contribution in [-0.4, -0.2) is 34.7 Å². The van der Waals surface area contributed by atoms with E-state index in [1.54, 1.807) is 0 Å². The van der Waals surface area contributed by atoms with Gasteiger partial charge in [0.1, 0.15) is 14.1 Å². The Morgan fingerprint density at radius 1 is 0.583 bits per heavy atom. The Kier molecular flexibility index (Phi) is 5.09. The van der Waals surface area contributed by atoms with Gasteiger partial charge >= 0.3 is 0 Å². The zero-order valence-electron chi connectivity index (χ0n) is 22.4. The summed E-state index contributed by atoms with van der Waals surface area (Å²) in [6.07, 6.45) is 6.88. The first kappa shape index (κ1) is 22.9. The monoisotopic (exact) mass is 472 g/mol. The van der Waals surface area contributed by atoms with Crippen molar-refractivity contribution in [1.29, 1.82) is 0 Å². The Morgan fingerprint density at radius 2 is 0.972 bits per heavy atom. The van der Waals surface area contributed by atoms with Crippen LogP contribution in [0.4, 0.5) is 11.4 Å². The van der Waals surface area contributed by atoms with Crippen LogP contribution in [0.2, 0.25) is 0 Å². The third-order valence-corrected chi connectivity index (χ3v) is 9.46. The summed E-state index contributed by atoms with van der Waals surface area (Å²) < 4.78 is 4.78. The number of hydrogen-bond acceptors (Lipinski definition) is 0. The van der Waals surface area contributed by atoms with Crippen LogP contribution in [0.25, 0.3) is 21.5 Å². The van der Waals surface area contributed by atoms with Gasteiger partial charge in [-0.3, -0.25) is 0 Å². The fraction of sp³-hybridized carbons (Fsp3) is 0.294. The molecule has 2 nitrogen and oxygen atoms in total. The zero-order valence-corrected chi connectivity index (χ0v) is 22.4. The van der Waals surface area contributed by atoms with Crippen LogP contribution in [0.5, 0.6) is 0 Å². The summed E-state index contributed by atoms with van der Waals surface area (Å²) in [5.74, 6) is 0. The summed E-state index contributed by atoms with van der Waals surface area (Å²) in [6, 6.07) is 26.8. The van der Waals surface area contributed by atoms with Crippen LogP contribution in [-0.2, 0) is 10.8 Å². The van der Waals surface area contributed by atoms with Gasteiger partial charge in [-0.05, 0) is 60.4 Å². The molecule has 0 N–H and O–H groups in total. The van der Waals surface area contributed by atoms with E-state index >= 15 is 0 Å². The van der Waals surface area contributed by atoms with Crippen molar-refractivity contribution in [3.63, 3.8) is 0 Å². The van der Waals surface area contributed by atoms with Crippen molar-refractivity contribution in [1.82, 2.24) is 0 Å². The number of rotatable bonds is 4. The molecule has 0 aromatic heterocycles. The molecule has 0 saturated heterocycles. The molecule has 4 aromatic rings. The summed E-state index contributed by atoms with van der Waals surface area (Å²) in [6.45, 7) is 9.45. The van der Waals surface area contributed by atoms with Gasteiger partial charge in [-0.15, -0.1) is 0 Å². The van der Waals surface area contributed by atoms with E-state index in [9.17, 15) is 0 Å². The largest absolute Gasteiger partial charge is 0.209 e. The van der Waals surface area contributed by atoms with Crippen molar-refractivity contribution in [2.75, 3.05) is 14.1 Å². The van der Waals surface area contributed by atoms with Crippen molar-refractivity contribution in [3.8, 4) is 0 Å². The summed E-state index contributed by atoms with van der Waals surface area (Å²) >= 11 is 0. The van der Waals surface area contributed by atoms with E-state index in [4.69, 9.17) is 0 Å². The molecule has 0 bridgehead atoms. The Labute approximate surface area is 214 Å². The lowest BCUT2D eigenvalue weighted by molar-refractivity contribution is -0.403. The molecule has 4 aromatic carbocycles. The predicted molar refractivity (Wildman–Crippen MR) is 154 cm³/mol. The van der Waals surface area contributed by atoms with Crippen molar-refractivity contribution >= 4 is 44.3 Å². The molecule has 0 radical (unpaired) electrons. The second kappa shape index (κ2) is 8.00. The maximum Gasteiger partial charge on any atom is 0.209 e. The molecular formula is C34H36N2+2. The van der Waals surface area contributed by atoms with Gasteiger partial charge in [0.15, 0.2) is 11.4 Å². The Bertz CT molecular complexity index is 1530. The lowest BCUT2D eigenvalue weighted by Gasteiger charge is -2.23. The van der Waals surface area contributed by atoms with Crippen molar-refractivity contribution < 1.29 is 9.15 Å². The van der Waals surface area contributed by atoms with Crippen molar-refractivity contribution in [2.45, 2.75) is 51.4 Å². The molecule has 6 rings (SSSR count). The normalized spacial score (nSPS) is 23.4. The minimum Gasteiger partial charge on any atom is -0.202 e. The average molecular weight is 473 g/mol. The molecule has 2 aliphatic heterocycles. The Balaban J connectivity index is 1.36. The van der Waals surface area contributed by atoms with Crippen LogP contribution >= 0.6 is 0 Å². The fourth-order valence-corrected chi connectivity index (χ4v) is 6.84. The minimum atomic E-state index is -0.0157. The summed E-state index contributed by atoms with van der Waals surface area (Å²) in [7, 11) is 4.43. The van der Waals surface area contributed by atoms with Gasteiger partial charge in [-0.1, -0.05) is 60.7 Å². The number of benzene rings is 4. The number of allylic oxidation sites excluding steroid dienone is 2. The first-order valence-corrected chi connectivity index (χ1v) is 13.1. The predicted octanol–water partition coefficient (Wildman–Crippen LogP) is 8.04. The molecule has 36 heavy (non-hydrogen) atoms. The first-order chi connectivity index (χ1) is 17.3. The molecular weight excluding hydrogens is 436 g/mol. The van der Waals surface area contributed by atoms with E-state index in [1.165, 1.54) is 55.5 Å². The SMILES string of the molecule is CC1=[N+](C)c2ccc3ccccc3c2C1(C)C/C=C\CC1(C)C(C)=[N+](C)c2ccc3ccccc3c21. The van der Waals surface area contributed by atoms with Crippen molar-refractivity contribution in [2.24, 2.45) is 0 Å². The Morgan fingerprint density at radius 3 is 1.39 bits per heavy atom. The molecule has 0 spiro atoms. The highest BCUT2D eigenvalue weighted by Gasteiger charge is 2.47. The molecule has 0 amide bonds. The van der Waals surface area contributed by atoms with Gasteiger partial charge in [-0.2, -0.15) is 0 Å². The van der Waals surface area contributed by atoms with Crippen LogP contribution < -0.4 is 0 Å². The van der Waals surface area contributed by atoms with E-state index in [2.05, 4.69) is 136 Å². The van der Waals surface area contributed by atoms with Crippen LogP contribution in [0.1, 0.15) is 51.7 Å². The molecule has 180 valence electrons. The van der Waals surface area contributed by atoms with E-state index in [1.807, 2.05) is 0 Å². The quantitative estimate of drug-likeness (QED) is 0.209. The smallest absolute Gasteiger partial charge is 0.202 e. The van der Waals surface area contributed by atoms with Crippen LogP contribution in [0, 0.1) is 0 Å². The van der Waals surface area contributed by atoms with Gasteiger partial charge in [-0.25, -0.2) is 9.15 Å².